The molecule has 0 aromatic heterocycles. The van der Waals surface area contributed by atoms with Crippen LogP contribution in [0.4, 0.5) is 0 Å². The second-order valence-corrected chi connectivity index (χ2v) is 7.02. The molecule has 4 nitrogen and oxygen atoms in total. The molecule has 5 heteroatoms. The molecule has 0 bridgehead atoms. The number of ether oxygens (including phenoxy) is 2. The fraction of sp³-hybridized carbons (Fsp3) is 0.364. The van der Waals surface area contributed by atoms with Crippen molar-refractivity contribution in [2.24, 2.45) is 11.8 Å². The van der Waals surface area contributed by atoms with Crippen molar-refractivity contribution in [3.8, 4) is 5.75 Å². The van der Waals surface area contributed by atoms with E-state index in [1.807, 2.05) is 26.0 Å². The molecule has 0 aliphatic rings. The van der Waals surface area contributed by atoms with Crippen LogP contribution in [0.25, 0.3) is 0 Å². The molecule has 0 saturated heterocycles. The fourth-order valence-corrected chi connectivity index (χ4v) is 2.63. The van der Waals surface area contributed by atoms with E-state index < -0.39 is 0 Å². The average molecular weight is 389 g/mol. The molecule has 2 atom stereocenters. The van der Waals surface area contributed by atoms with Crippen LogP contribution in [-0.4, -0.2) is 25.0 Å². The SMILES string of the molecule is CCOC(=O)C(C)C(C)COc1ccc(C(=O)Cc2ccc(Cl)cc2)cc1. The average Bonchev–Trinajstić information content (AvgIpc) is 2.67. The van der Waals surface area contributed by atoms with Gasteiger partial charge in [0.15, 0.2) is 5.78 Å². The number of halogens is 1. The first-order valence-electron chi connectivity index (χ1n) is 9.07. The molecule has 0 spiro atoms. The van der Waals surface area contributed by atoms with Crippen molar-refractivity contribution in [1.82, 2.24) is 0 Å². The van der Waals surface area contributed by atoms with E-state index in [1.165, 1.54) is 0 Å². The van der Waals surface area contributed by atoms with E-state index in [2.05, 4.69) is 0 Å². The molecule has 0 aliphatic carbocycles. The molecule has 2 aromatic carbocycles. The third kappa shape index (κ3) is 6.40. The predicted molar refractivity (Wildman–Crippen MR) is 106 cm³/mol. The van der Waals surface area contributed by atoms with Crippen LogP contribution in [0.3, 0.4) is 0 Å². The van der Waals surface area contributed by atoms with Gasteiger partial charge in [0.2, 0.25) is 0 Å². The highest BCUT2D eigenvalue weighted by Gasteiger charge is 2.22. The number of hydrogen-bond acceptors (Lipinski definition) is 4. The van der Waals surface area contributed by atoms with Gasteiger partial charge in [0.05, 0.1) is 19.1 Å². The Kier molecular flexibility index (Phi) is 7.86. The van der Waals surface area contributed by atoms with Gasteiger partial charge in [-0.05, 0) is 48.9 Å². The van der Waals surface area contributed by atoms with Crippen LogP contribution in [0.15, 0.2) is 48.5 Å². The summed E-state index contributed by atoms with van der Waals surface area (Å²) in [7, 11) is 0. The van der Waals surface area contributed by atoms with Crippen molar-refractivity contribution in [3.63, 3.8) is 0 Å². The minimum absolute atomic E-state index is 0.0234. The number of carbonyl (C=O) groups is 2. The zero-order chi connectivity index (χ0) is 19.8. The second-order valence-electron chi connectivity index (χ2n) is 6.58. The van der Waals surface area contributed by atoms with Gasteiger partial charge >= 0.3 is 5.97 Å². The fourth-order valence-electron chi connectivity index (χ4n) is 2.50. The van der Waals surface area contributed by atoms with Crippen molar-refractivity contribution < 1.29 is 19.1 Å². The summed E-state index contributed by atoms with van der Waals surface area (Å²) in [6.45, 7) is 6.36. The number of ketones is 1. The number of rotatable bonds is 9. The van der Waals surface area contributed by atoms with Crippen LogP contribution in [0.2, 0.25) is 5.02 Å². The van der Waals surface area contributed by atoms with Crippen molar-refractivity contribution in [2.75, 3.05) is 13.2 Å². The number of hydrogen-bond donors (Lipinski definition) is 0. The van der Waals surface area contributed by atoms with Crippen LogP contribution >= 0.6 is 11.6 Å². The lowest BCUT2D eigenvalue weighted by molar-refractivity contribution is -0.149. The molecular formula is C22H25ClO4. The summed E-state index contributed by atoms with van der Waals surface area (Å²) in [6, 6.07) is 14.3. The maximum absolute atomic E-state index is 12.4. The molecule has 0 N–H and O–H groups in total. The zero-order valence-electron chi connectivity index (χ0n) is 15.9. The smallest absolute Gasteiger partial charge is 0.309 e. The highest BCUT2D eigenvalue weighted by Crippen LogP contribution is 2.19. The first kappa shape index (κ1) is 21.0. The van der Waals surface area contributed by atoms with Gasteiger partial charge < -0.3 is 9.47 Å². The second kappa shape index (κ2) is 10.1. The lowest BCUT2D eigenvalue weighted by atomic mass is 9.97. The molecule has 2 rings (SSSR count). The van der Waals surface area contributed by atoms with E-state index in [9.17, 15) is 9.59 Å². The van der Waals surface area contributed by atoms with E-state index in [0.29, 0.717) is 36.0 Å². The van der Waals surface area contributed by atoms with Crippen LogP contribution in [0, 0.1) is 11.8 Å². The number of Topliss-reactive ketones (excluding diaryl/α,β-unsaturated/α-hetero) is 1. The lowest BCUT2D eigenvalue weighted by Crippen LogP contribution is -2.25. The molecule has 0 heterocycles. The van der Waals surface area contributed by atoms with Gasteiger partial charge in [0.1, 0.15) is 5.75 Å². The molecular weight excluding hydrogens is 364 g/mol. The Morgan fingerprint density at radius 2 is 1.63 bits per heavy atom. The van der Waals surface area contributed by atoms with E-state index in [-0.39, 0.29) is 23.6 Å². The normalized spacial score (nSPS) is 12.9. The Bertz CT molecular complexity index is 753. The molecule has 27 heavy (non-hydrogen) atoms. The summed E-state index contributed by atoms with van der Waals surface area (Å²) in [5.41, 5.74) is 1.55. The highest BCUT2D eigenvalue weighted by molar-refractivity contribution is 6.30. The molecule has 2 unspecified atom stereocenters. The first-order valence-corrected chi connectivity index (χ1v) is 9.45. The number of carbonyl (C=O) groups excluding carboxylic acids is 2. The molecule has 0 radical (unpaired) electrons. The summed E-state index contributed by atoms with van der Waals surface area (Å²) in [6.07, 6.45) is 0.325. The lowest BCUT2D eigenvalue weighted by Gasteiger charge is -2.19. The van der Waals surface area contributed by atoms with Gasteiger partial charge in [-0.2, -0.15) is 0 Å². The predicted octanol–water partition coefficient (Wildman–Crippen LogP) is 4.98. The zero-order valence-corrected chi connectivity index (χ0v) is 16.7. The maximum atomic E-state index is 12.4. The van der Waals surface area contributed by atoms with Crippen LogP contribution < -0.4 is 4.74 Å². The van der Waals surface area contributed by atoms with E-state index >= 15 is 0 Å². The van der Waals surface area contributed by atoms with Gasteiger partial charge in [-0.3, -0.25) is 9.59 Å². The van der Waals surface area contributed by atoms with Crippen LogP contribution in [0.1, 0.15) is 36.7 Å². The van der Waals surface area contributed by atoms with Gasteiger partial charge in [-0.15, -0.1) is 0 Å². The Hall–Kier alpha value is -2.33. The van der Waals surface area contributed by atoms with E-state index in [1.54, 1.807) is 43.3 Å². The van der Waals surface area contributed by atoms with Crippen molar-refractivity contribution in [1.29, 1.82) is 0 Å². The quantitative estimate of drug-likeness (QED) is 0.449. The molecule has 0 aliphatic heterocycles. The van der Waals surface area contributed by atoms with E-state index in [0.717, 1.165) is 5.56 Å². The Morgan fingerprint density at radius 1 is 1.00 bits per heavy atom. The van der Waals surface area contributed by atoms with Crippen LogP contribution in [0.5, 0.6) is 5.75 Å². The number of esters is 1. The third-order valence-corrected chi connectivity index (χ3v) is 4.73. The van der Waals surface area contributed by atoms with E-state index in [4.69, 9.17) is 21.1 Å². The summed E-state index contributed by atoms with van der Waals surface area (Å²) >= 11 is 5.86. The molecule has 0 fully saturated rings. The van der Waals surface area contributed by atoms with Crippen molar-refractivity contribution in [3.05, 3.63) is 64.7 Å². The van der Waals surface area contributed by atoms with Crippen LogP contribution in [-0.2, 0) is 16.0 Å². The van der Waals surface area contributed by atoms with Gasteiger partial charge in [0.25, 0.3) is 0 Å². The van der Waals surface area contributed by atoms with Gasteiger partial charge in [-0.25, -0.2) is 0 Å². The molecule has 144 valence electrons. The van der Waals surface area contributed by atoms with Crippen molar-refractivity contribution in [2.45, 2.75) is 27.2 Å². The summed E-state index contributed by atoms with van der Waals surface area (Å²) in [5.74, 6) is 0.284. The van der Waals surface area contributed by atoms with Gasteiger partial charge in [-0.1, -0.05) is 37.6 Å². The number of benzene rings is 2. The topological polar surface area (TPSA) is 52.6 Å². The Balaban J connectivity index is 1.88. The first-order chi connectivity index (χ1) is 12.9. The Morgan fingerprint density at radius 3 is 2.22 bits per heavy atom. The molecule has 0 saturated carbocycles. The summed E-state index contributed by atoms with van der Waals surface area (Å²) < 4.78 is 10.8. The summed E-state index contributed by atoms with van der Waals surface area (Å²) in [5, 5.41) is 0.652. The van der Waals surface area contributed by atoms with Crippen molar-refractivity contribution >= 4 is 23.4 Å². The monoisotopic (exact) mass is 388 g/mol. The Labute approximate surface area is 165 Å². The minimum Gasteiger partial charge on any atom is -0.493 e. The largest absolute Gasteiger partial charge is 0.493 e. The molecule has 0 amide bonds. The maximum Gasteiger partial charge on any atom is 0.309 e. The standard InChI is InChI=1S/C22H25ClO4/c1-4-26-22(25)16(3)15(2)14-27-20-11-7-18(8-12-20)21(24)13-17-5-9-19(23)10-6-17/h5-12,15-16H,4,13-14H2,1-3H3. The van der Waals surface area contributed by atoms with Gasteiger partial charge in [0, 0.05) is 22.9 Å². The molecule has 2 aromatic rings. The summed E-state index contributed by atoms with van der Waals surface area (Å²) in [4.78, 5) is 24.1. The highest BCUT2D eigenvalue weighted by atomic mass is 35.5. The minimum atomic E-state index is -0.231. The third-order valence-electron chi connectivity index (χ3n) is 4.48.